The number of hydrogen-bond donors (Lipinski definition) is 2. The van der Waals surface area contributed by atoms with Crippen molar-refractivity contribution in [2.45, 2.75) is 6.18 Å². The van der Waals surface area contributed by atoms with Crippen molar-refractivity contribution in [3.05, 3.63) is 28.3 Å². The molecule has 1 aromatic carbocycles. The molecule has 0 amide bonds. The minimum Gasteiger partial charge on any atom is -0.506 e. The Hall–Kier alpha value is -1.27. The van der Waals surface area contributed by atoms with Crippen molar-refractivity contribution < 1.29 is 23.1 Å². The number of halogens is 4. The second-order valence-electron chi connectivity index (χ2n) is 3.30. The van der Waals surface area contributed by atoms with Crippen molar-refractivity contribution in [3.8, 4) is 5.75 Å². The van der Waals surface area contributed by atoms with Crippen LogP contribution in [0.4, 0.5) is 13.2 Å². The van der Waals surface area contributed by atoms with Crippen LogP contribution in [0.25, 0.3) is 0 Å². The molecule has 94 valence electrons. The lowest BCUT2D eigenvalue weighted by atomic mass is 10.0. The molecule has 0 saturated heterocycles. The van der Waals surface area contributed by atoms with Crippen molar-refractivity contribution in [2.24, 2.45) is 0 Å². The Morgan fingerprint density at radius 1 is 1.47 bits per heavy atom. The molecule has 0 unspecified atom stereocenters. The Morgan fingerprint density at radius 3 is 2.53 bits per heavy atom. The number of Topliss-reactive ketones (excluding diaryl/α,β-unsaturated/α-hetero) is 1. The van der Waals surface area contributed by atoms with E-state index in [-0.39, 0.29) is 11.6 Å². The Kier molecular flexibility index (Phi) is 4.00. The lowest BCUT2D eigenvalue weighted by Crippen LogP contribution is -2.22. The van der Waals surface area contributed by atoms with Crippen LogP contribution in [0.15, 0.2) is 12.1 Å². The maximum Gasteiger partial charge on any atom is 0.417 e. The summed E-state index contributed by atoms with van der Waals surface area (Å²) in [7, 11) is 1.44. The molecule has 1 aromatic rings. The molecule has 0 atom stereocenters. The van der Waals surface area contributed by atoms with Crippen molar-refractivity contribution in [3.63, 3.8) is 0 Å². The molecule has 0 fully saturated rings. The van der Waals surface area contributed by atoms with Gasteiger partial charge in [-0.05, 0) is 19.2 Å². The molecule has 0 heterocycles. The second-order valence-corrected chi connectivity index (χ2v) is 3.71. The topological polar surface area (TPSA) is 49.3 Å². The van der Waals surface area contributed by atoms with E-state index in [0.29, 0.717) is 6.07 Å². The van der Waals surface area contributed by atoms with E-state index in [1.54, 1.807) is 0 Å². The minimum absolute atomic E-state index is 0.246. The van der Waals surface area contributed by atoms with Gasteiger partial charge in [0.1, 0.15) is 5.75 Å². The molecule has 1 rings (SSSR count). The number of carbonyl (C=O) groups is 1. The predicted molar refractivity (Wildman–Crippen MR) is 56.4 cm³/mol. The maximum atomic E-state index is 12.6. The highest BCUT2D eigenvalue weighted by atomic mass is 35.5. The summed E-state index contributed by atoms with van der Waals surface area (Å²) in [4.78, 5) is 11.5. The third-order valence-corrected chi connectivity index (χ3v) is 2.33. The van der Waals surface area contributed by atoms with E-state index in [1.807, 2.05) is 0 Å². The van der Waals surface area contributed by atoms with E-state index in [2.05, 4.69) is 5.32 Å². The highest BCUT2D eigenvalue weighted by Crippen LogP contribution is 2.37. The van der Waals surface area contributed by atoms with Gasteiger partial charge in [0, 0.05) is 5.56 Å². The minimum atomic E-state index is -4.72. The third kappa shape index (κ3) is 3.10. The fourth-order valence-corrected chi connectivity index (χ4v) is 1.45. The fraction of sp³-hybridized carbons (Fsp3) is 0.300. The first-order valence-corrected chi connectivity index (χ1v) is 4.92. The SMILES string of the molecule is CNCC(=O)c1cc(Cl)c(O)cc1C(F)(F)F. The van der Waals surface area contributed by atoms with Gasteiger partial charge < -0.3 is 10.4 Å². The zero-order chi connectivity index (χ0) is 13.2. The average molecular weight is 268 g/mol. The first-order chi connectivity index (χ1) is 7.77. The smallest absolute Gasteiger partial charge is 0.417 e. The molecule has 0 saturated carbocycles. The summed E-state index contributed by atoms with van der Waals surface area (Å²) in [6.45, 7) is -0.246. The number of phenolic OH excluding ortho intramolecular Hbond substituents is 1. The number of likely N-dealkylation sites (N-methyl/N-ethyl adjacent to an activating group) is 1. The maximum absolute atomic E-state index is 12.6. The number of ketones is 1. The highest BCUT2D eigenvalue weighted by Gasteiger charge is 2.36. The van der Waals surface area contributed by atoms with Gasteiger partial charge in [-0.1, -0.05) is 11.6 Å². The van der Waals surface area contributed by atoms with Crippen molar-refractivity contribution in [1.82, 2.24) is 5.32 Å². The molecule has 0 aliphatic carbocycles. The van der Waals surface area contributed by atoms with Crippen LogP contribution in [0, 0.1) is 0 Å². The average Bonchev–Trinajstić information content (AvgIpc) is 2.20. The molecule has 17 heavy (non-hydrogen) atoms. The standard InChI is InChI=1S/C10H9ClF3NO2/c1-15-4-9(17)5-2-7(11)8(16)3-6(5)10(12,13)14/h2-3,15-16H,4H2,1H3. The Labute approximate surface area is 100 Å². The number of aromatic hydroxyl groups is 1. The summed E-state index contributed by atoms with van der Waals surface area (Å²) in [6.07, 6.45) is -4.72. The van der Waals surface area contributed by atoms with E-state index in [4.69, 9.17) is 16.7 Å². The number of carbonyl (C=O) groups excluding carboxylic acids is 1. The molecule has 2 N–H and O–H groups in total. The summed E-state index contributed by atoms with van der Waals surface area (Å²) >= 11 is 5.49. The van der Waals surface area contributed by atoms with Crippen LogP contribution in [0.1, 0.15) is 15.9 Å². The zero-order valence-electron chi connectivity index (χ0n) is 8.73. The normalized spacial score (nSPS) is 11.6. The quantitative estimate of drug-likeness (QED) is 0.827. The van der Waals surface area contributed by atoms with Gasteiger partial charge in [-0.15, -0.1) is 0 Å². The molecule has 0 aliphatic heterocycles. The van der Waals surface area contributed by atoms with E-state index in [9.17, 15) is 18.0 Å². The number of phenols is 1. The number of rotatable bonds is 3. The van der Waals surface area contributed by atoms with Gasteiger partial charge in [0.05, 0.1) is 17.1 Å². The number of alkyl halides is 3. The fourth-order valence-electron chi connectivity index (χ4n) is 1.28. The van der Waals surface area contributed by atoms with Gasteiger partial charge in [-0.2, -0.15) is 13.2 Å². The third-order valence-electron chi connectivity index (χ3n) is 2.03. The highest BCUT2D eigenvalue weighted by molar-refractivity contribution is 6.32. The van der Waals surface area contributed by atoms with Gasteiger partial charge in [-0.25, -0.2) is 0 Å². The van der Waals surface area contributed by atoms with E-state index >= 15 is 0 Å². The van der Waals surface area contributed by atoms with Gasteiger partial charge in [0.15, 0.2) is 5.78 Å². The van der Waals surface area contributed by atoms with Crippen molar-refractivity contribution in [1.29, 1.82) is 0 Å². The molecule has 0 aliphatic rings. The first kappa shape index (κ1) is 13.8. The van der Waals surface area contributed by atoms with Crippen molar-refractivity contribution in [2.75, 3.05) is 13.6 Å². The molecule has 3 nitrogen and oxygen atoms in total. The van der Waals surface area contributed by atoms with Crippen LogP contribution in [0.3, 0.4) is 0 Å². The summed E-state index contributed by atoms with van der Waals surface area (Å²) in [5.74, 6) is -1.46. The Morgan fingerprint density at radius 2 is 2.06 bits per heavy atom. The second kappa shape index (κ2) is 4.93. The van der Waals surface area contributed by atoms with E-state index in [0.717, 1.165) is 6.07 Å². The van der Waals surface area contributed by atoms with E-state index in [1.165, 1.54) is 7.05 Å². The summed E-state index contributed by atoms with van der Waals surface area (Å²) in [5.41, 5.74) is -1.76. The molecule has 0 spiro atoms. The van der Waals surface area contributed by atoms with Crippen molar-refractivity contribution >= 4 is 17.4 Å². The first-order valence-electron chi connectivity index (χ1n) is 4.55. The van der Waals surface area contributed by atoms with Crippen LogP contribution < -0.4 is 5.32 Å². The lowest BCUT2D eigenvalue weighted by Gasteiger charge is -2.13. The van der Waals surface area contributed by atoms with Crippen LogP contribution in [-0.4, -0.2) is 24.5 Å². The molecular formula is C10H9ClF3NO2. The Balaban J connectivity index is 3.36. The van der Waals surface area contributed by atoms with Crippen LogP contribution in [0.2, 0.25) is 5.02 Å². The summed E-state index contributed by atoms with van der Waals surface area (Å²) < 4.78 is 37.9. The molecular weight excluding hydrogens is 259 g/mol. The number of nitrogens with one attached hydrogen (secondary N) is 1. The molecule has 0 aromatic heterocycles. The van der Waals surface area contributed by atoms with E-state index < -0.39 is 28.8 Å². The summed E-state index contributed by atoms with van der Waals surface area (Å²) in [5, 5.41) is 11.3. The molecule has 7 heteroatoms. The molecule has 0 bridgehead atoms. The van der Waals surface area contributed by atoms with Gasteiger partial charge >= 0.3 is 6.18 Å². The Bertz CT molecular complexity index is 446. The van der Waals surface area contributed by atoms with Gasteiger partial charge in [0.25, 0.3) is 0 Å². The summed E-state index contributed by atoms with van der Waals surface area (Å²) in [6, 6.07) is 1.27. The predicted octanol–water partition coefficient (Wildman–Crippen LogP) is 2.47. The van der Waals surface area contributed by atoms with Crippen LogP contribution in [-0.2, 0) is 6.18 Å². The zero-order valence-corrected chi connectivity index (χ0v) is 9.49. The largest absolute Gasteiger partial charge is 0.506 e. The molecule has 0 radical (unpaired) electrons. The van der Waals surface area contributed by atoms with Gasteiger partial charge in [0.2, 0.25) is 0 Å². The number of hydrogen-bond acceptors (Lipinski definition) is 3. The monoisotopic (exact) mass is 267 g/mol. The van der Waals surface area contributed by atoms with Crippen LogP contribution >= 0.6 is 11.6 Å². The lowest BCUT2D eigenvalue weighted by molar-refractivity contribution is -0.138. The number of benzene rings is 1. The van der Waals surface area contributed by atoms with Gasteiger partial charge in [-0.3, -0.25) is 4.79 Å². The van der Waals surface area contributed by atoms with Crippen LogP contribution in [0.5, 0.6) is 5.75 Å².